The van der Waals surface area contributed by atoms with Crippen LogP contribution in [0.2, 0.25) is 0 Å². The Kier molecular flexibility index (Phi) is 5.85. The predicted octanol–water partition coefficient (Wildman–Crippen LogP) is 5.62. The molecule has 0 aliphatic heterocycles. The number of esters is 1. The Hall–Kier alpha value is -3.25. The molecular weight excluding hydrogens is 432 g/mol. The normalized spacial score (nSPS) is 13.3. The van der Waals surface area contributed by atoms with E-state index < -0.39 is 0 Å². The first-order valence-electron chi connectivity index (χ1n) is 11.4. The van der Waals surface area contributed by atoms with Crippen LogP contribution in [0.25, 0.3) is 21.3 Å². The van der Waals surface area contributed by atoms with Crippen molar-refractivity contribution in [3.63, 3.8) is 0 Å². The monoisotopic (exact) mass is 458 g/mol. The third kappa shape index (κ3) is 4.35. The lowest BCUT2D eigenvalue weighted by Crippen LogP contribution is -2.21. The summed E-state index contributed by atoms with van der Waals surface area (Å²) in [6, 6.07) is 13.8. The molecular formula is C27H26N2O3S. The molecule has 0 saturated heterocycles. The smallest absolute Gasteiger partial charge is 0.338 e. The van der Waals surface area contributed by atoms with Crippen LogP contribution < -0.4 is 5.56 Å². The Morgan fingerprint density at radius 1 is 1.12 bits per heavy atom. The van der Waals surface area contributed by atoms with Crippen LogP contribution >= 0.6 is 11.3 Å². The summed E-state index contributed by atoms with van der Waals surface area (Å²) < 4.78 is 6.91. The van der Waals surface area contributed by atoms with Crippen LogP contribution in [0.15, 0.2) is 59.0 Å². The number of benzene rings is 2. The summed E-state index contributed by atoms with van der Waals surface area (Å²) in [5.41, 5.74) is 6.12. The van der Waals surface area contributed by atoms with E-state index in [2.05, 4.69) is 23.2 Å². The van der Waals surface area contributed by atoms with Crippen LogP contribution in [-0.4, -0.2) is 21.6 Å². The van der Waals surface area contributed by atoms with Gasteiger partial charge < -0.3 is 4.74 Å². The van der Waals surface area contributed by atoms with Gasteiger partial charge in [0.2, 0.25) is 0 Å². The maximum absolute atomic E-state index is 13.5. The third-order valence-electron chi connectivity index (χ3n) is 6.08. The minimum Gasteiger partial charge on any atom is -0.459 e. The van der Waals surface area contributed by atoms with Gasteiger partial charge in [0.05, 0.1) is 29.9 Å². The van der Waals surface area contributed by atoms with E-state index in [-0.39, 0.29) is 17.6 Å². The third-order valence-corrected chi connectivity index (χ3v) is 6.96. The average Bonchev–Trinajstić information content (AvgIpc) is 3.25. The Bertz CT molecular complexity index is 1400. The number of ether oxygens (including phenoxy) is 1. The highest BCUT2D eigenvalue weighted by atomic mass is 32.1. The molecule has 1 aliphatic rings. The first kappa shape index (κ1) is 21.6. The van der Waals surface area contributed by atoms with Gasteiger partial charge in [-0.05, 0) is 73.9 Å². The highest BCUT2D eigenvalue weighted by Crippen LogP contribution is 2.33. The van der Waals surface area contributed by atoms with Crippen molar-refractivity contribution in [1.29, 1.82) is 0 Å². The molecule has 2 aromatic carbocycles. The van der Waals surface area contributed by atoms with E-state index >= 15 is 0 Å². The highest BCUT2D eigenvalue weighted by molar-refractivity contribution is 7.17. The fraction of sp³-hybridized carbons (Fsp3) is 0.296. The lowest BCUT2D eigenvalue weighted by molar-refractivity contribution is 0.0377. The second-order valence-corrected chi connectivity index (χ2v) is 9.71. The number of nitrogens with zero attached hydrogens (tertiary/aromatic N) is 2. The Labute approximate surface area is 196 Å². The molecule has 0 amide bonds. The standard InChI is InChI=1S/C27H26N2O3S/c1-17(2)32-27(31)22-9-5-6-18(12-22)14-29-16-28-25-24(26(29)30)23(15-33-25)21-11-10-19-7-3-4-8-20(19)13-21/h5-6,9-13,15-17H,3-4,7-8,14H2,1-2H3. The number of aromatic nitrogens is 2. The van der Waals surface area contributed by atoms with Crippen molar-refractivity contribution in [2.75, 3.05) is 0 Å². The maximum atomic E-state index is 13.5. The Balaban J connectivity index is 1.50. The van der Waals surface area contributed by atoms with Crippen LogP contribution in [0.3, 0.4) is 0 Å². The zero-order valence-corrected chi connectivity index (χ0v) is 19.7. The van der Waals surface area contributed by atoms with Gasteiger partial charge in [-0.25, -0.2) is 9.78 Å². The second-order valence-electron chi connectivity index (χ2n) is 8.85. The van der Waals surface area contributed by atoms with E-state index in [9.17, 15) is 9.59 Å². The SMILES string of the molecule is CC(C)OC(=O)c1cccc(Cn2cnc3scc(-c4ccc5c(c4)CCCC5)c3c2=O)c1. The Morgan fingerprint density at radius 3 is 2.76 bits per heavy atom. The Morgan fingerprint density at radius 2 is 1.94 bits per heavy atom. The van der Waals surface area contributed by atoms with E-state index in [1.165, 1.54) is 35.3 Å². The molecule has 2 heterocycles. The number of thiophene rings is 1. The molecule has 0 radical (unpaired) electrons. The van der Waals surface area contributed by atoms with Crippen molar-refractivity contribution in [2.24, 2.45) is 0 Å². The van der Waals surface area contributed by atoms with Gasteiger partial charge in [0.1, 0.15) is 4.83 Å². The zero-order valence-electron chi connectivity index (χ0n) is 18.8. The summed E-state index contributed by atoms with van der Waals surface area (Å²) in [7, 11) is 0. The summed E-state index contributed by atoms with van der Waals surface area (Å²) in [5.74, 6) is -0.361. The quantitative estimate of drug-likeness (QED) is 0.364. The summed E-state index contributed by atoms with van der Waals surface area (Å²) in [5, 5.41) is 2.70. The molecule has 0 N–H and O–H groups in total. The van der Waals surface area contributed by atoms with E-state index in [1.54, 1.807) is 23.0 Å². The number of hydrogen-bond donors (Lipinski definition) is 0. The number of carbonyl (C=O) groups is 1. The zero-order chi connectivity index (χ0) is 22.9. The molecule has 0 saturated carbocycles. The molecule has 0 atom stereocenters. The largest absolute Gasteiger partial charge is 0.459 e. The molecule has 2 aromatic heterocycles. The van der Waals surface area contributed by atoms with Crippen molar-refractivity contribution in [3.05, 3.63) is 86.8 Å². The molecule has 4 aromatic rings. The van der Waals surface area contributed by atoms with Gasteiger partial charge in [-0.1, -0.05) is 30.3 Å². The second kappa shape index (κ2) is 8.94. The molecule has 6 heteroatoms. The summed E-state index contributed by atoms with van der Waals surface area (Å²) in [6.07, 6.45) is 6.12. The molecule has 0 bridgehead atoms. The molecule has 0 fully saturated rings. The minimum absolute atomic E-state index is 0.0656. The topological polar surface area (TPSA) is 61.2 Å². The van der Waals surface area contributed by atoms with E-state index in [0.29, 0.717) is 17.5 Å². The van der Waals surface area contributed by atoms with E-state index in [0.717, 1.165) is 34.4 Å². The molecule has 0 unspecified atom stereocenters. The lowest BCUT2D eigenvalue weighted by atomic mass is 9.89. The van der Waals surface area contributed by atoms with Crippen LogP contribution in [0.1, 0.15) is 53.7 Å². The van der Waals surface area contributed by atoms with Crippen LogP contribution in [0.5, 0.6) is 0 Å². The molecule has 0 spiro atoms. The van der Waals surface area contributed by atoms with Gasteiger partial charge in [0.15, 0.2) is 0 Å². The van der Waals surface area contributed by atoms with Gasteiger partial charge >= 0.3 is 5.97 Å². The number of aryl methyl sites for hydroxylation is 2. The van der Waals surface area contributed by atoms with Crippen LogP contribution in [0, 0.1) is 0 Å². The van der Waals surface area contributed by atoms with Gasteiger partial charge in [0.25, 0.3) is 5.56 Å². The highest BCUT2D eigenvalue weighted by Gasteiger charge is 2.17. The van der Waals surface area contributed by atoms with E-state index in [4.69, 9.17) is 4.74 Å². The molecule has 33 heavy (non-hydrogen) atoms. The van der Waals surface area contributed by atoms with Crippen molar-refractivity contribution < 1.29 is 9.53 Å². The number of rotatable bonds is 5. The number of carbonyl (C=O) groups excluding carboxylic acids is 1. The summed E-state index contributed by atoms with van der Waals surface area (Å²) in [6.45, 7) is 3.98. The van der Waals surface area contributed by atoms with Crippen molar-refractivity contribution in [1.82, 2.24) is 9.55 Å². The fourth-order valence-corrected chi connectivity index (χ4v) is 5.38. The predicted molar refractivity (Wildman–Crippen MR) is 132 cm³/mol. The molecule has 5 nitrogen and oxygen atoms in total. The molecule has 5 rings (SSSR count). The number of hydrogen-bond acceptors (Lipinski definition) is 5. The van der Waals surface area contributed by atoms with Crippen LogP contribution in [-0.2, 0) is 24.1 Å². The van der Waals surface area contributed by atoms with Crippen molar-refractivity contribution in [2.45, 2.75) is 52.2 Å². The van der Waals surface area contributed by atoms with Gasteiger partial charge in [0, 0.05) is 10.9 Å². The maximum Gasteiger partial charge on any atom is 0.338 e. The van der Waals surface area contributed by atoms with Gasteiger partial charge in [-0.15, -0.1) is 11.3 Å². The summed E-state index contributed by atoms with van der Waals surface area (Å²) >= 11 is 1.50. The first-order valence-corrected chi connectivity index (χ1v) is 12.3. The van der Waals surface area contributed by atoms with Crippen molar-refractivity contribution >= 4 is 27.5 Å². The lowest BCUT2D eigenvalue weighted by Gasteiger charge is -2.16. The van der Waals surface area contributed by atoms with Crippen molar-refractivity contribution in [3.8, 4) is 11.1 Å². The van der Waals surface area contributed by atoms with E-state index in [1.807, 2.05) is 31.4 Å². The average molecular weight is 459 g/mol. The van der Waals surface area contributed by atoms with Gasteiger partial charge in [-0.3, -0.25) is 9.36 Å². The summed E-state index contributed by atoms with van der Waals surface area (Å²) in [4.78, 5) is 31.1. The molecule has 168 valence electrons. The van der Waals surface area contributed by atoms with Crippen LogP contribution in [0.4, 0.5) is 0 Å². The molecule has 1 aliphatic carbocycles. The first-order chi connectivity index (χ1) is 16.0. The minimum atomic E-state index is -0.361. The number of fused-ring (bicyclic) bond motifs is 2. The fourth-order valence-electron chi connectivity index (χ4n) is 4.47. The van der Waals surface area contributed by atoms with Gasteiger partial charge in [-0.2, -0.15) is 0 Å².